The maximum atomic E-state index is 6.30. The van der Waals surface area contributed by atoms with Crippen LogP contribution in [-0.2, 0) is 4.74 Å². The molecule has 1 saturated carbocycles. The van der Waals surface area contributed by atoms with E-state index in [0.717, 1.165) is 17.9 Å². The molecule has 0 heterocycles. The van der Waals surface area contributed by atoms with E-state index in [1.54, 1.807) is 0 Å². The van der Waals surface area contributed by atoms with Crippen molar-refractivity contribution in [1.82, 2.24) is 0 Å². The van der Waals surface area contributed by atoms with Gasteiger partial charge in [0.2, 0.25) is 6.29 Å². The minimum atomic E-state index is -0.200. The Hall–Kier alpha value is -2.00. The van der Waals surface area contributed by atoms with Crippen LogP contribution in [-0.4, -0.2) is 19.5 Å². The molecule has 1 fully saturated rings. The van der Waals surface area contributed by atoms with Gasteiger partial charge in [-0.1, -0.05) is 63.4 Å². The number of para-hydroxylation sites is 1. The Morgan fingerprint density at radius 2 is 1.57 bits per heavy atom. The minimum Gasteiger partial charge on any atom is -0.491 e. The number of ether oxygens (including phenoxy) is 3. The van der Waals surface area contributed by atoms with Crippen molar-refractivity contribution in [2.75, 3.05) is 13.2 Å². The van der Waals surface area contributed by atoms with Gasteiger partial charge in [0, 0.05) is 5.92 Å². The van der Waals surface area contributed by atoms with Gasteiger partial charge in [-0.25, -0.2) is 0 Å². The summed E-state index contributed by atoms with van der Waals surface area (Å²) in [7, 11) is 0. The molecule has 3 nitrogen and oxygen atoms in total. The first-order valence-corrected chi connectivity index (χ1v) is 10.8. The summed E-state index contributed by atoms with van der Waals surface area (Å²) in [6, 6.07) is 18.4. The molecule has 0 aromatic heterocycles. The third-order valence-corrected chi connectivity index (χ3v) is 5.73. The van der Waals surface area contributed by atoms with Crippen LogP contribution in [0.5, 0.6) is 11.5 Å². The molecule has 152 valence electrons. The second-order valence-corrected chi connectivity index (χ2v) is 7.79. The van der Waals surface area contributed by atoms with Gasteiger partial charge in [-0.05, 0) is 55.0 Å². The van der Waals surface area contributed by atoms with E-state index in [9.17, 15) is 0 Å². The molecule has 0 N–H and O–H groups in total. The van der Waals surface area contributed by atoms with Crippen LogP contribution in [0.15, 0.2) is 54.6 Å². The average molecular weight is 383 g/mol. The fraction of sp³-hybridized carbons (Fsp3) is 0.520. The van der Waals surface area contributed by atoms with Gasteiger partial charge < -0.3 is 14.2 Å². The smallest absolute Gasteiger partial charge is 0.202 e. The van der Waals surface area contributed by atoms with Crippen molar-refractivity contribution < 1.29 is 14.2 Å². The molecule has 2 unspecified atom stereocenters. The van der Waals surface area contributed by atoms with Gasteiger partial charge in [0.05, 0.1) is 6.61 Å². The summed E-state index contributed by atoms with van der Waals surface area (Å²) in [5.74, 6) is 2.81. The van der Waals surface area contributed by atoms with Crippen LogP contribution in [0.25, 0.3) is 0 Å². The second kappa shape index (κ2) is 11.1. The molecule has 0 radical (unpaired) electrons. The Bertz CT molecular complexity index is 662. The first-order chi connectivity index (χ1) is 13.8. The van der Waals surface area contributed by atoms with E-state index < -0.39 is 0 Å². The Labute approximate surface area is 170 Å². The highest BCUT2D eigenvalue weighted by atomic mass is 16.7. The Morgan fingerprint density at radius 3 is 2.25 bits per heavy atom. The van der Waals surface area contributed by atoms with Crippen molar-refractivity contribution in [2.24, 2.45) is 5.92 Å². The molecule has 0 bridgehead atoms. The van der Waals surface area contributed by atoms with Crippen LogP contribution in [0.2, 0.25) is 0 Å². The summed E-state index contributed by atoms with van der Waals surface area (Å²) in [4.78, 5) is 0. The lowest BCUT2D eigenvalue weighted by Crippen LogP contribution is -2.33. The Balaban J connectivity index is 1.55. The predicted molar refractivity (Wildman–Crippen MR) is 114 cm³/mol. The molecule has 1 aliphatic carbocycles. The summed E-state index contributed by atoms with van der Waals surface area (Å²) < 4.78 is 18.2. The molecule has 2 atom stereocenters. The summed E-state index contributed by atoms with van der Waals surface area (Å²) in [5, 5.41) is 0. The lowest BCUT2D eigenvalue weighted by atomic mass is 9.89. The molecule has 0 aliphatic heterocycles. The zero-order valence-electron chi connectivity index (χ0n) is 17.3. The fourth-order valence-corrected chi connectivity index (χ4v) is 3.76. The zero-order valence-corrected chi connectivity index (χ0v) is 17.3. The SMILES string of the molecule is CCC(C)c1ccc(OC(OCCOc2ccccc2)C2CCCCC2)cc1. The van der Waals surface area contributed by atoms with E-state index in [4.69, 9.17) is 14.2 Å². The van der Waals surface area contributed by atoms with Gasteiger partial charge in [-0.2, -0.15) is 0 Å². The van der Waals surface area contributed by atoms with E-state index in [1.807, 2.05) is 30.3 Å². The number of rotatable bonds is 10. The quantitative estimate of drug-likeness (QED) is 0.343. The molecule has 2 aromatic rings. The Kier molecular flexibility index (Phi) is 8.23. The Morgan fingerprint density at radius 1 is 0.857 bits per heavy atom. The van der Waals surface area contributed by atoms with Crippen LogP contribution < -0.4 is 9.47 Å². The molecular weight excluding hydrogens is 348 g/mol. The van der Waals surface area contributed by atoms with Crippen molar-refractivity contribution in [2.45, 2.75) is 64.6 Å². The van der Waals surface area contributed by atoms with Crippen molar-refractivity contribution >= 4 is 0 Å². The van der Waals surface area contributed by atoms with Crippen molar-refractivity contribution in [1.29, 1.82) is 0 Å². The lowest BCUT2D eigenvalue weighted by molar-refractivity contribution is -0.127. The van der Waals surface area contributed by atoms with Crippen molar-refractivity contribution in [3.63, 3.8) is 0 Å². The number of benzene rings is 2. The summed E-state index contributed by atoms with van der Waals surface area (Å²) in [6.45, 7) is 5.54. The zero-order chi connectivity index (χ0) is 19.6. The summed E-state index contributed by atoms with van der Waals surface area (Å²) >= 11 is 0. The topological polar surface area (TPSA) is 27.7 Å². The van der Waals surface area contributed by atoms with Gasteiger partial charge in [-0.15, -0.1) is 0 Å². The molecule has 0 saturated heterocycles. The van der Waals surface area contributed by atoms with Crippen LogP contribution in [0.3, 0.4) is 0 Å². The van der Waals surface area contributed by atoms with Crippen molar-refractivity contribution in [3.8, 4) is 11.5 Å². The molecular formula is C25H34O3. The monoisotopic (exact) mass is 382 g/mol. The molecule has 0 spiro atoms. The van der Waals surface area contributed by atoms with Crippen LogP contribution in [0.4, 0.5) is 0 Å². The predicted octanol–water partition coefficient (Wildman–Crippen LogP) is 6.58. The highest BCUT2D eigenvalue weighted by molar-refractivity contribution is 5.29. The highest BCUT2D eigenvalue weighted by Gasteiger charge is 2.26. The van der Waals surface area contributed by atoms with E-state index in [0.29, 0.717) is 25.0 Å². The molecule has 1 aliphatic rings. The number of hydrogen-bond donors (Lipinski definition) is 0. The molecule has 2 aromatic carbocycles. The van der Waals surface area contributed by atoms with Crippen LogP contribution in [0, 0.1) is 5.92 Å². The average Bonchev–Trinajstić information content (AvgIpc) is 2.77. The highest BCUT2D eigenvalue weighted by Crippen LogP contribution is 2.30. The molecule has 28 heavy (non-hydrogen) atoms. The minimum absolute atomic E-state index is 0.200. The van der Waals surface area contributed by atoms with Gasteiger partial charge in [0.15, 0.2) is 0 Å². The normalized spacial score (nSPS) is 17.1. The summed E-state index contributed by atoms with van der Waals surface area (Å²) in [6.07, 6.45) is 7.15. The third-order valence-electron chi connectivity index (χ3n) is 5.73. The standard InChI is InChI=1S/C25H34O3/c1-3-20(2)21-14-16-24(17-15-21)28-25(22-10-6-4-7-11-22)27-19-18-26-23-12-8-5-9-13-23/h5,8-9,12-17,20,22,25H,3-4,6-7,10-11,18-19H2,1-2H3. The lowest BCUT2D eigenvalue weighted by Gasteiger charge is -2.30. The van der Waals surface area contributed by atoms with Crippen molar-refractivity contribution in [3.05, 3.63) is 60.2 Å². The molecule has 3 heteroatoms. The van der Waals surface area contributed by atoms with Crippen LogP contribution in [0.1, 0.15) is 63.9 Å². The third kappa shape index (κ3) is 6.27. The maximum absolute atomic E-state index is 6.30. The molecule has 0 amide bonds. The first kappa shape index (κ1) is 20.7. The van der Waals surface area contributed by atoms with Gasteiger partial charge >= 0.3 is 0 Å². The van der Waals surface area contributed by atoms with Gasteiger partial charge in [-0.3, -0.25) is 0 Å². The summed E-state index contributed by atoms with van der Waals surface area (Å²) in [5.41, 5.74) is 1.36. The largest absolute Gasteiger partial charge is 0.491 e. The van der Waals surface area contributed by atoms with Crippen LogP contribution >= 0.6 is 0 Å². The second-order valence-electron chi connectivity index (χ2n) is 7.79. The first-order valence-electron chi connectivity index (χ1n) is 10.8. The maximum Gasteiger partial charge on any atom is 0.202 e. The fourth-order valence-electron chi connectivity index (χ4n) is 3.76. The van der Waals surface area contributed by atoms with Gasteiger partial charge in [0.1, 0.15) is 18.1 Å². The molecule has 3 rings (SSSR count). The van der Waals surface area contributed by atoms with E-state index in [2.05, 4.69) is 38.1 Å². The van der Waals surface area contributed by atoms with Gasteiger partial charge in [0.25, 0.3) is 0 Å². The van der Waals surface area contributed by atoms with E-state index in [-0.39, 0.29) is 6.29 Å². The van der Waals surface area contributed by atoms with E-state index in [1.165, 1.54) is 37.7 Å². The van der Waals surface area contributed by atoms with E-state index >= 15 is 0 Å². The number of hydrogen-bond acceptors (Lipinski definition) is 3.